The summed E-state index contributed by atoms with van der Waals surface area (Å²) in [6.07, 6.45) is 9.20. The molecular formula is C24H36Cl2FN5O2. The molecule has 1 amide bonds. The molecule has 2 aliphatic carbocycles. The first-order valence-electron chi connectivity index (χ1n) is 12.4. The van der Waals surface area contributed by atoms with Crippen LogP contribution in [0.5, 0.6) is 0 Å². The number of aliphatic hydroxyl groups excluding tert-OH is 1. The molecule has 0 saturated heterocycles. The lowest BCUT2D eigenvalue weighted by Gasteiger charge is -2.38. The van der Waals surface area contributed by atoms with Gasteiger partial charge in [0.1, 0.15) is 12.3 Å². The van der Waals surface area contributed by atoms with Gasteiger partial charge in [0.2, 0.25) is 5.91 Å². The molecule has 4 aliphatic rings. The van der Waals surface area contributed by atoms with Crippen molar-refractivity contribution >= 4 is 35.1 Å². The Hall–Kier alpha value is -1.51. The number of alkyl halides is 2. The third-order valence-corrected chi connectivity index (χ3v) is 8.22. The second-order valence-electron chi connectivity index (χ2n) is 10.1. The van der Waals surface area contributed by atoms with Crippen LogP contribution >= 0.6 is 23.2 Å². The van der Waals surface area contributed by atoms with Crippen LogP contribution in [-0.2, 0) is 4.79 Å². The molecule has 4 rings (SSSR count). The average Bonchev–Trinajstić information content (AvgIpc) is 3.30. The molecule has 2 aliphatic heterocycles. The summed E-state index contributed by atoms with van der Waals surface area (Å²) >= 11 is 12.6. The summed E-state index contributed by atoms with van der Waals surface area (Å²) in [6, 6.07) is -0.409. The minimum absolute atomic E-state index is 0.0293. The third kappa shape index (κ3) is 6.18. The molecule has 0 bridgehead atoms. The highest BCUT2D eigenvalue weighted by atomic mass is 35.5. The first-order valence-corrected chi connectivity index (χ1v) is 13.2. The fourth-order valence-electron chi connectivity index (χ4n) is 5.38. The number of carbonyl (C=O) groups excluding carboxylic acids is 1. The van der Waals surface area contributed by atoms with E-state index in [2.05, 4.69) is 32.8 Å². The molecule has 8 atom stereocenters. The van der Waals surface area contributed by atoms with Crippen molar-refractivity contribution in [1.29, 1.82) is 0 Å². The number of hydrogen-bond acceptors (Lipinski definition) is 6. The maximum Gasteiger partial charge on any atom is 0.229 e. The van der Waals surface area contributed by atoms with E-state index in [0.717, 1.165) is 25.7 Å². The lowest BCUT2D eigenvalue weighted by Crippen LogP contribution is -2.58. The molecule has 2 heterocycles. The highest BCUT2D eigenvalue weighted by Crippen LogP contribution is 2.30. The van der Waals surface area contributed by atoms with Crippen LogP contribution < -0.4 is 16.0 Å². The molecule has 190 valence electrons. The Morgan fingerprint density at radius 3 is 2.94 bits per heavy atom. The highest BCUT2D eigenvalue weighted by Gasteiger charge is 2.35. The molecule has 7 nitrogen and oxygen atoms in total. The minimum Gasteiger partial charge on any atom is -0.394 e. The van der Waals surface area contributed by atoms with E-state index >= 15 is 0 Å². The normalized spacial score (nSPS) is 36.9. The first-order chi connectivity index (χ1) is 16.3. The summed E-state index contributed by atoms with van der Waals surface area (Å²) in [4.78, 5) is 19.7. The number of halogens is 3. The zero-order chi connectivity index (χ0) is 24.2. The van der Waals surface area contributed by atoms with Gasteiger partial charge in [0.25, 0.3) is 0 Å². The Kier molecular flexibility index (Phi) is 8.64. The summed E-state index contributed by atoms with van der Waals surface area (Å²) in [7, 11) is 0. The van der Waals surface area contributed by atoms with Crippen molar-refractivity contribution in [2.24, 2.45) is 22.7 Å². The molecule has 0 aromatic heterocycles. The van der Waals surface area contributed by atoms with Crippen LogP contribution in [0, 0.1) is 17.8 Å². The largest absolute Gasteiger partial charge is 0.394 e. The smallest absolute Gasteiger partial charge is 0.229 e. The molecule has 10 heteroatoms. The van der Waals surface area contributed by atoms with E-state index in [-0.39, 0.29) is 53.9 Å². The van der Waals surface area contributed by atoms with Crippen molar-refractivity contribution in [3.63, 3.8) is 0 Å². The van der Waals surface area contributed by atoms with Crippen molar-refractivity contribution in [2.75, 3.05) is 19.7 Å². The molecule has 0 aromatic rings. The zero-order valence-corrected chi connectivity index (χ0v) is 21.1. The summed E-state index contributed by atoms with van der Waals surface area (Å²) in [6.45, 7) is 3.23. The average molecular weight is 516 g/mol. The Balaban J connectivity index is 1.30. The van der Waals surface area contributed by atoms with Gasteiger partial charge in [-0.05, 0) is 50.3 Å². The monoisotopic (exact) mass is 515 g/mol. The van der Waals surface area contributed by atoms with Gasteiger partial charge in [-0.1, -0.05) is 31.0 Å². The lowest BCUT2D eigenvalue weighted by atomic mass is 9.83. The predicted molar refractivity (Wildman–Crippen MR) is 133 cm³/mol. The molecule has 1 saturated carbocycles. The van der Waals surface area contributed by atoms with Crippen molar-refractivity contribution < 1.29 is 14.3 Å². The molecule has 0 spiro atoms. The molecule has 4 N–H and O–H groups in total. The van der Waals surface area contributed by atoms with E-state index in [1.807, 2.05) is 12.3 Å². The number of nitrogens with one attached hydrogen (secondary N) is 3. The summed E-state index contributed by atoms with van der Waals surface area (Å²) < 4.78 is 13.5. The summed E-state index contributed by atoms with van der Waals surface area (Å²) in [5, 5.41) is 20.3. The predicted octanol–water partition coefficient (Wildman–Crippen LogP) is 2.84. The molecule has 34 heavy (non-hydrogen) atoms. The maximum atomic E-state index is 13.5. The standard InChI is InChI=1S/C24H36Cl2FN5O2/c1-14-11-28-24(30-20-6-5-18(27)10-19(20)26)31-22(14)32-8-7-16(12-32)23(34)29-21(13-33)15-3-2-4-17(25)9-15/h7-8,10,14-18,20-22,33H,2-6,9,11-13H2,1H3,(H,29,34)(H2,28,30,31)/t14?,15?,16?,17-,18+,20-,21?,22+/m0/s1. The van der Waals surface area contributed by atoms with Gasteiger partial charge in [-0.2, -0.15) is 0 Å². The number of aliphatic imine (C=N–C) groups is 1. The van der Waals surface area contributed by atoms with Gasteiger partial charge in [-0.25, -0.2) is 4.39 Å². The number of rotatable bonds is 6. The number of aliphatic hydroxyl groups is 1. The number of carbonyl (C=O) groups is 1. The molecule has 0 radical (unpaired) electrons. The van der Waals surface area contributed by atoms with Crippen LogP contribution in [0.4, 0.5) is 4.39 Å². The third-order valence-electron chi connectivity index (χ3n) is 7.43. The molecule has 1 fully saturated rings. The quantitative estimate of drug-likeness (QED) is 0.408. The van der Waals surface area contributed by atoms with Gasteiger partial charge in [0.15, 0.2) is 5.96 Å². The van der Waals surface area contributed by atoms with E-state index in [1.165, 1.54) is 6.08 Å². The number of hydrogen-bond donors (Lipinski definition) is 4. The molecule has 0 aromatic carbocycles. The summed E-state index contributed by atoms with van der Waals surface area (Å²) in [5.74, 6) is 0.741. The zero-order valence-electron chi connectivity index (χ0n) is 19.6. The van der Waals surface area contributed by atoms with Gasteiger partial charge in [-0.15, -0.1) is 11.6 Å². The van der Waals surface area contributed by atoms with Crippen molar-refractivity contribution in [3.05, 3.63) is 23.4 Å². The Labute approximate surface area is 211 Å². The topological polar surface area (TPSA) is 89.0 Å². The van der Waals surface area contributed by atoms with Crippen LogP contribution in [-0.4, -0.2) is 71.4 Å². The summed E-state index contributed by atoms with van der Waals surface area (Å²) in [5.41, 5.74) is 0. The van der Waals surface area contributed by atoms with E-state index in [0.29, 0.717) is 36.9 Å². The van der Waals surface area contributed by atoms with Crippen LogP contribution in [0.1, 0.15) is 45.4 Å². The SMILES string of the molecule is CC1CN=C(N[C@H]2CC[C@@H](F)C=C2Cl)N[C@@H]1N1C=CC(C(=O)NC(CO)C2CCC[C@H](Cl)C2)C1. The van der Waals surface area contributed by atoms with Crippen molar-refractivity contribution in [1.82, 2.24) is 20.9 Å². The van der Waals surface area contributed by atoms with E-state index in [1.54, 1.807) is 0 Å². The molecule has 4 unspecified atom stereocenters. The van der Waals surface area contributed by atoms with Gasteiger partial charge in [0.05, 0.1) is 24.6 Å². The van der Waals surface area contributed by atoms with Crippen LogP contribution in [0.2, 0.25) is 0 Å². The Morgan fingerprint density at radius 2 is 2.21 bits per heavy atom. The number of guanidine groups is 1. The minimum atomic E-state index is -0.989. The fourth-order valence-corrected chi connectivity index (χ4v) is 6.06. The first kappa shape index (κ1) is 25.6. The fraction of sp³-hybridized carbons (Fsp3) is 0.750. The van der Waals surface area contributed by atoms with E-state index < -0.39 is 6.17 Å². The second kappa shape index (κ2) is 11.5. The van der Waals surface area contributed by atoms with Crippen LogP contribution in [0.3, 0.4) is 0 Å². The van der Waals surface area contributed by atoms with E-state index in [9.17, 15) is 14.3 Å². The van der Waals surface area contributed by atoms with E-state index in [4.69, 9.17) is 23.2 Å². The number of allylic oxidation sites excluding steroid dienone is 1. The van der Waals surface area contributed by atoms with Gasteiger partial charge >= 0.3 is 0 Å². The van der Waals surface area contributed by atoms with Crippen molar-refractivity contribution in [3.8, 4) is 0 Å². The second-order valence-corrected chi connectivity index (χ2v) is 11.1. The Bertz CT molecular complexity index is 825. The molecular weight excluding hydrogens is 480 g/mol. The number of nitrogens with zero attached hydrogens (tertiary/aromatic N) is 2. The number of amides is 1. The lowest BCUT2D eigenvalue weighted by molar-refractivity contribution is -0.125. The van der Waals surface area contributed by atoms with Crippen molar-refractivity contribution in [2.45, 2.75) is 75.2 Å². The van der Waals surface area contributed by atoms with Crippen LogP contribution in [0.15, 0.2) is 28.4 Å². The van der Waals surface area contributed by atoms with Gasteiger partial charge < -0.3 is 26.0 Å². The highest BCUT2D eigenvalue weighted by molar-refractivity contribution is 6.30. The van der Waals surface area contributed by atoms with Gasteiger partial charge in [0, 0.05) is 29.4 Å². The van der Waals surface area contributed by atoms with Crippen LogP contribution in [0.25, 0.3) is 0 Å². The van der Waals surface area contributed by atoms with Gasteiger partial charge in [-0.3, -0.25) is 9.79 Å². The maximum absolute atomic E-state index is 13.5. The Morgan fingerprint density at radius 1 is 1.38 bits per heavy atom.